The maximum atomic E-state index is 11.7. The summed E-state index contributed by atoms with van der Waals surface area (Å²) in [5, 5.41) is 7.20. The van der Waals surface area contributed by atoms with Crippen LogP contribution in [0.3, 0.4) is 0 Å². The third kappa shape index (κ3) is 2.79. The summed E-state index contributed by atoms with van der Waals surface area (Å²) in [7, 11) is -3.25. The van der Waals surface area contributed by atoms with Crippen LogP contribution in [-0.2, 0) is 15.7 Å². The molecule has 0 spiro atoms. The summed E-state index contributed by atoms with van der Waals surface area (Å²) in [6.07, 6.45) is 1.18. The van der Waals surface area contributed by atoms with Gasteiger partial charge in [-0.2, -0.15) is 0 Å². The van der Waals surface area contributed by atoms with Crippen LogP contribution in [0.4, 0.5) is 0 Å². The number of hydrogen-bond donors (Lipinski definition) is 0. The average Bonchev–Trinajstić information content (AvgIpc) is 2.81. The van der Waals surface area contributed by atoms with Crippen molar-refractivity contribution in [2.75, 3.05) is 6.26 Å². The van der Waals surface area contributed by atoms with Gasteiger partial charge in [-0.05, 0) is 19.1 Å². The highest BCUT2D eigenvalue weighted by Gasteiger charge is 2.25. The lowest BCUT2D eigenvalue weighted by atomic mass is 10.3. The zero-order valence-electron chi connectivity index (χ0n) is 10.6. The van der Waals surface area contributed by atoms with Crippen LogP contribution in [0.1, 0.15) is 23.8 Å². The maximum Gasteiger partial charge on any atom is 0.157 e. The molecule has 19 heavy (non-hydrogen) atoms. The largest absolute Gasteiger partial charge is 0.281 e. The molecule has 1 unspecified atom stereocenters. The van der Waals surface area contributed by atoms with Gasteiger partial charge in [-0.25, -0.2) is 8.42 Å². The van der Waals surface area contributed by atoms with Crippen molar-refractivity contribution < 1.29 is 8.42 Å². The molecule has 1 heterocycles. The van der Waals surface area contributed by atoms with Gasteiger partial charge >= 0.3 is 0 Å². The van der Waals surface area contributed by atoms with Crippen LogP contribution in [0, 0.1) is 0 Å². The molecule has 1 aromatic heterocycles. The molecular formula is C12H14ClN3O2S. The lowest BCUT2D eigenvalue weighted by Gasteiger charge is -2.13. The highest BCUT2D eigenvalue weighted by atomic mass is 35.5. The average molecular weight is 300 g/mol. The minimum absolute atomic E-state index is 0.165. The highest BCUT2D eigenvalue weighted by molar-refractivity contribution is 7.90. The van der Waals surface area contributed by atoms with Gasteiger partial charge in [0.25, 0.3) is 0 Å². The molecule has 5 nitrogen and oxygen atoms in total. The Kier molecular flexibility index (Phi) is 3.91. The van der Waals surface area contributed by atoms with Gasteiger partial charge in [0.05, 0.1) is 5.88 Å². The van der Waals surface area contributed by atoms with Crippen molar-refractivity contribution in [3.05, 3.63) is 42.0 Å². The van der Waals surface area contributed by atoms with Crippen LogP contribution in [0.25, 0.3) is 5.69 Å². The van der Waals surface area contributed by atoms with Gasteiger partial charge in [0.1, 0.15) is 5.25 Å². The van der Waals surface area contributed by atoms with E-state index in [0.717, 1.165) is 5.69 Å². The molecule has 0 saturated heterocycles. The highest BCUT2D eigenvalue weighted by Crippen LogP contribution is 2.24. The van der Waals surface area contributed by atoms with E-state index in [-0.39, 0.29) is 5.88 Å². The van der Waals surface area contributed by atoms with E-state index >= 15 is 0 Å². The van der Waals surface area contributed by atoms with Crippen molar-refractivity contribution in [1.29, 1.82) is 0 Å². The number of halogens is 1. The first-order chi connectivity index (χ1) is 8.95. The lowest BCUT2D eigenvalue weighted by molar-refractivity contribution is 0.587. The molecule has 7 heteroatoms. The van der Waals surface area contributed by atoms with E-state index in [2.05, 4.69) is 10.2 Å². The van der Waals surface area contributed by atoms with E-state index in [1.807, 2.05) is 30.3 Å². The first kappa shape index (κ1) is 14.0. The van der Waals surface area contributed by atoms with E-state index in [0.29, 0.717) is 11.6 Å². The molecule has 0 aliphatic heterocycles. The van der Waals surface area contributed by atoms with Gasteiger partial charge in [0, 0.05) is 11.9 Å². The van der Waals surface area contributed by atoms with Crippen LogP contribution in [0.5, 0.6) is 0 Å². The Bertz CT molecular complexity index is 668. The molecule has 0 N–H and O–H groups in total. The Morgan fingerprint density at radius 1 is 1.26 bits per heavy atom. The fourth-order valence-electron chi connectivity index (χ4n) is 1.73. The number of rotatable bonds is 4. The predicted octanol–water partition coefficient (Wildman–Crippen LogP) is 2.11. The summed E-state index contributed by atoms with van der Waals surface area (Å²) >= 11 is 5.84. The molecule has 2 aromatic rings. The number of aromatic nitrogens is 3. The van der Waals surface area contributed by atoms with Gasteiger partial charge in [0.2, 0.25) is 0 Å². The van der Waals surface area contributed by atoms with E-state index in [9.17, 15) is 8.42 Å². The minimum atomic E-state index is -3.25. The number of nitrogens with zero attached hydrogens (tertiary/aromatic N) is 3. The smallest absolute Gasteiger partial charge is 0.157 e. The summed E-state index contributed by atoms with van der Waals surface area (Å²) in [5.41, 5.74) is 0.800. The van der Waals surface area contributed by atoms with Crippen LogP contribution in [0.2, 0.25) is 0 Å². The van der Waals surface area contributed by atoms with Crippen LogP contribution in [-0.4, -0.2) is 29.4 Å². The maximum absolute atomic E-state index is 11.7. The second-order valence-corrected chi connectivity index (χ2v) is 6.88. The van der Waals surface area contributed by atoms with E-state index in [1.54, 1.807) is 11.5 Å². The number of benzene rings is 1. The molecule has 0 amide bonds. The number of hydrogen-bond acceptors (Lipinski definition) is 4. The summed E-state index contributed by atoms with van der Waals surface area (Å²) in [5.74, 6) is 1.07. The third-order valence-electron chi connectivity index (χ3n) is 2.89. The van der Waals surface area contributed by atoms with Crippen molar-refractivity contribution in [3.8, 4) is 5.69 Å². The summed E-state index contributed by atoms with van der Waals surface area (Å²) in [6, 6.07) is 9.33. The van der Waals surface area contributed by atoms with Gasteiger partial charge in [-0.1, -0.05) is 18.2 Å². The molecule has 1 atom stereocenters. The Hall–Kier alpha value is -1.40. The van der Waals surface area contributed by atoms with Crippen molar-refractivity contribution in [1.82, 2.24) is 14.8 Å². The Morgan fingerprint density at radius 2 is 1.89 bits per heavy atom. The molecule has 102 valence electrons. The first-order valence-electron chi connectivity index (χ1n) is 5.69. The Morgan fingerprint density at radius 3 is 2.42 bits per heavy atom. The topological polar surface area (TPSA) is 64.8 Å². The van der Waals surface area contributed by atoms with Gasteiger partial charge in [-0.3, -0.25) is 4.57 Å². The van der Waals surface area contributed by atoms with Crippen molar-refractivity contribution in [2.45, 2.75) is 18.1 Å². The number of alkyl halides is 1. The second kappa shape index (κ2) is 5.30. The van der Waals surface area contributed by atoms with Crippen molar-refractivity contribution in [3.63, 3.8) is 0 Å². The fourth-order valence-corrected chi connectivity index (χ4v) is 2.44. The molecule has 0 bridgehead atoms. The summed E-state index contributed by atoms with van der Waals surface area (Å²) in [4.78, 5) is 0. The normalized spacial score (nSPS) is 13.4. The molecular weight excluding hydrogens is 286 g/mol. The number of sulfone groups is 1. The second-order valence-electron chi connectivity index (χ2n) is 4.25. The fraction of sp³-hybridized carbons (Fsp3) is 0.333. The molecule has 0 fully saturated rings. The summed E-state index contributed by atoms with van der Waals surface area (Å²) in [6.45, 7) is 1.59. The zero-order valence-corrected chi connectivity index (χ0v) is 12.2. The van der Waals surface area contributed by atoms with E-state index in [4.69, 9.17) is 11.6 Å². The van der Waals surface area contributed by atoms with E-state index < -0.39 is 15.1 Å². The lowest BCUT2D eigenvalue weighted by Crippen LogP contribution is -2.14. The zero-order chi connectivity index (χ0) is 14.0. The van der Waals surface area contributed by atoms with Crippen LogP contribution >= 0.6 is 11.6 Å². The quantitative estimate of drug-likeness (QED) is 0.811. The minimum Gasteiger partial charge on any atom is -0.281 e. The van der Waals surface area contributed by atoms with Gasteiger partial charge in [0.15, 0.2) is 21.5 Å². The van der Waals surface area contributed by atoms with Crippen molar-refractivity contribution in [2.24, 2.45) is 0 Å². The van der Waals surface area contributed by atoms with Gasteiger partial charge < -0.3 is 0 Å². The molecule has 0 aliphatic carbocycles. The molecule has 2 rings (SSSR count). The standard InChI is InChI=1S/C12H14ClN3O2S/c1-9(19(2,17)18)12-15-14-11(8-13)16(12)10-6-4-3-5-7-10/h3-7,9H,8H2,1-2H3. The Balaban J connectivity index is 2.62. The van der Waals surface area contributed by atoms with Crippen LogP contribution in [0.15, 0.2) is 30.3 Å². The monoisotopic (exact) mass is 299 g/mol. The van der Waals surface area contributed by atoms with Crippen LogP contribution < -0.4 is 0 Å². The van der Waals surface area contributed by atoms with Crippen molar-refractivity contribution >= 4 is 21.4 Å². The molecule has 1 aromatic carbocycles. The molecule has 0 radical (unpaired) electrons. The van der Waals surface area contributed by atoms with E-state index in [1.165, 1.54) is 6.26 Å². The predicted molar refractivity (Wildman–Crippen MR) is 74.2 cm³/mol. The first-order valence-corrected chi connectivity index (χ1v) is 8.18. The third-order valence-corrected chi connectivity index (χ3v) is 4.63. The molecule has 0 saturated carbocycles. The number of para-hydroxylation sites is 1. The van der Waals surface area contributed by atoms with Gasteiger partial charge in [-0.15, -0.1) is 21.8 Å². The molecule has 0 aliphatic rings. The Labute approximate surface area is 117 Å². The summed E-state index contributed by atoms with van der Waals surface area (Å²) < 4.78 is 25.1. The SMILES string of the molecule is CC(c1nnc(CCl)n1-c1ccccc1)S(C)(=O)=O.